The first-order valence-electron chi connectivity index (χ1n) is 14.1. The van der Waals surface area contributed by atoms with Crippen molar-refractivity contribution in [3.05, 3.63) is 131 Å². The molecule has 0 atom stereocenters. The highest BCUT2D eigenvalue weighted by Gasteiger charge is 2.39. The maximum Gasteiger partial charge on any atom is 0.0399 e. The Morgan fingerprint density at radius 2 is 1.12 bits per heavy atom. The molecule has 7 aromatic rings. The summed E-state index contributed by atoms with van der Waals surface area (Å²) in [4.78, 5) is 1.45. The standard InChI is InChI=1S/C39H30S/c1-23-20-24(2)37-32(21-23)36-38(40-37)31-19-18-26(22-33(31)39(36,3)4)35-29-16-10-8-14-27(29)34(25-12-6-5-7-13-25)28-15-9-11-17-30(28)35/h5-22H,1-4H3. The van der Waals surface area contributed by atoms with Crippen LogP contribution in [0.5, 0.6) is 0 Å². The largest absolute Gasteiger partial charge is 0.135 e. The van der Waals surface area contributed by atoms with Crippen LogP contribution in [0.1, 0.15) is 36.1 Å². The van der Waals surface area contributed by atoms with Crippen LogP contribution in [0.15, 0.2) is 109 Å². The smallest absolute Gasteiger partial charge is 0.0399 e. The third-order valence-electron chi connectivity index (χ3n) is 8.96. The molecule has 0 nitrogen and oxygen atoms in total. The van der Waals surface area contributed by atoms with E-state index in [1.807, 2.05) is 11.3 Å². The van der Waals surface area contributed by atoms with Crippen LogP contribution in [-0.2, 0) is 5.41 Å². The third-order valence-corrected chi connectivity index (χ3v) is 10.3. The zero-order valence-electron chi connectivity index (χ0n) is 23.3. The van der Waals surface area contributed by atoms with E-state index >= 15 is 0 Å². The molecule has 0 bridgehead atoms. The number of hydrogen-bond acceptors (Lipinski definition) is 1. The normalized spacial score (nSPS) is 13.7. The number of fused-ring (bicyclic) bond motifs is 7. The second kappa shape index (κ2) is 8.40. The lowest BCUT2D eigenvalue weighted by Gasteiger charge is -2.23. The first-order chi connectivity index (χ1) is 19.4. The molecule has 1 aliphatic rings. The van der Waals surface area contributed by atoms with Crippen LogP contribution in [0.25, 0.3) is 64.3 Å². The Morgan fingerprint density at radius 3 is 1.75 bits per heavy atom. The Bertz CT molecular complexity index is 2080. The Hall–Kier alpha value is -4.20. The molecule has 0 saturated heterocycles. The summed E-state index contributed by atoms with van der Waals surface area (Å²) in [6.45, 7) is 9.31. The number of benzene rings is 6. The van der Waals surface area contributed by atoms with Crippen LogP contribution in [-0.4, -0.2) is 0 Å². The van der Waals surface area contributed by atoms with E-state index in [-0.39, 0.29) is 5.41 Å². The average Bonchev–Trinajstić information content (AvgIpc) is 3.46. The van der Waals surface area contributed by atoms with E-state index in [2.05, 4.69) is 137 Å². The first kappa shape index (κ1) is 23.7. The monoisotopic (exact) mass is 530 g/mol. The van der Waals surface area contributed by atoms with E-state index < -0.39 is 0 Å². The van der Waals surface area contributed by atoms with Crippen molar-refractivity contribution in [3.8, 4) is 32.7 Å². The van der Waals surface area contributed by atoms with Crippen molar-refractivity contribution in [2.75, 3.05) is 0 Å². The minimum atomic E-state index is -0.0608. The van der Waals surface area contributed by atoms with Gasteiger partial charge in [-0.05, 0) is 91.4 Å². The lowest BCUT2D eigenvalue weighted by atomic mass is 9.79. The third kappa shape index (κ3) is 3.19. The van der Waals surface area contributed by atoms with Gasteiger partial charge in [0, 0.05) is 15.0 Å². The molecular formula is C39H30S. The van der Waals surface area contributed by atoms with Gasteiger partial charge in [-0.25, -0.2) is 0 Å². The van der Waals surface area contributed by atoms with Gasteiger partial charge < -0.3 is 0 Å². The molecule has 0 aliphatic heterocycles. The summed E-state index contributed by atoms with van der Waals surface area (Å²) in [5, 5.41) is 6.66. The Labute approximate surface area is 239 Å². The maximum atomic E-state index is 2.49. The molecule has 1 heterocycles. The molecule has 192 valence electrons. The molecule has 0 fully saturated rings. The van der Waals surface area contributed by atoms with E-state index in [1.54, 1.807) is 0 Å². The summed E-state index contributed by atoms with van der Waals surface area (Å²) in [5.74, 6) is 0. The summed E-state index contributed by atoms with van der Waals surface area (Å²) in [7, 11) is 0. The summed E-state index contributed by atoms with van der Waals surface area (Å²) in [6, 6.07) is 40.7. The molecule has 0 N–H and O–H groups in total. The number of thiophene rings is 1. The van der Waals surface area contributed by atoms with Crippen LogP contribution in [0.3, 0.4) is 0 Å². The van der Waals surface area contributed by atoms with Crippen LogP contribution in [0, 0.1) is 13.8 Å². The van der Waals surface area contributed by atoms with Crippen molar-refractivity contribution in [2.45, 2.75) is 33.1 Å². The highest BCUT2D eigenvalue weighted by atomic mass is 32.1. The van der Waals surface area contributed by atoms with Gasteiger partial charge in [-0.15, -0.1) is 11.3 Å². The van der Waals surface area contributed by atoms with Gasteiger partial charge in [-0.3, -0.25) is 0 Å². The number of hydrogen-bond donors (Lipinski definition) is 0. The molecule has 0 amide bonds. The Morgan fingerprint density at radius 1 is 0.550 bits per heavy atom. The maximum absolute atomic E-state index is 2.49. The van der Waals surface area contributed by atoms with E-state index in [1.165, 1.54) is 86.6 Å². The molecule has 0 unspecified atom stereocenters. The lowest BCUT2D eigenvalue weighted by molar-refractivity contribution is 0.667. The topological polar surface area (TPSA) is 0 Å². The van der Waals surface area contributed by atoms with Gasteiger partial charge in [0.05, 0.1) is 0 Å². The summed E-state index contributed by atoms with van der Waals surface area (Å²) >= 11 is 1.97. The Balaban J connectivity index is 1.42. The van der Waals surface area contributed by atoms with Crippen LogP contribution in [0.4, 0.5) is 0 Å². The van der Waals surface area contributed by atoms with Crippen molar-refractivity contribution in [1.82, 2.24) is 0 Å². The highest BCUT2D eigenvalue weighted by Crippen LogP contribution is 2.57. The van der Waals surface area contributed by atoms with Crippen molar-refractivity contribution < 1.29 is 0 Å². The fourth-order valence-corrected chi connectivity index (χ4v) is 8.72. The molecule has 8 rings (SSSR count). The molecule has 1 aliphatic carbocycles. The Kier molecular flexibility index (Phi) is 4.97. The van der Waals surface area contributed by atoms with Crippen molar-refractivity contribution in [2.24, 2.45) is 0 Å². The molecular weight excluding hydrogens is 500 g/mol. The van der Waals surface area contributed by atoms with E-state index in [9.17, 15) is 0 Å². The van der Waals surface area contributed by atoms with Gasteiger partial charge in [0.15, 0.2) is 0 Å². The van der Waals surface area contributed by atoms with Crippen molar-refractivity contribution in [3.63, 3.8) is 0 Å². The van der Waals surface area contributed by atoms with Crippen LogP contribution < -0.4 is 0 Å². The molecule has 6 aromatic carbocycles. The van der Waals surface area contributed by atoms with Gasteiger partial charge in [-0.1, -0.05) is 123 Å². The fourth-order valence-electron chi connectivity index (χ4n) is 7.27. The molecule has 0 spiro atoms. The first-order valence-corrected chi connectivity index (χ1v) is 14.9. The predicted molar refractivity (Wildman–Crippen MR) is 175 cm³/mol. The van der Waals surface area contributed by atoms with Crippen molar-refractivity contribution >= 4 is 43.0 Å². The van der Waals surface area contributed by atoms with Gasteiger partial charge in [0.25, 0.3) is 0 Å². The summed E-state index contributed by atoms with van der Waals surface area (Å²) in [6.07, 6.45) is 0. The van der Waals surface area contributed by atoms with Crippen LogP contribution in [0.2, 0.25) is 0 Å². The molecule has 0 saturated carbocycles. The SMILES string of the molecule is Cc1cc(C)c2sc3c(c2c1)C(C)(C)c1cc(-c2c4ccccc4c(-c4ccccc4)c4ccccc24)ccc1-3. The quantitative estimate of drug-likeness (QED) is 0.195. The molecule has 1 aromatic heterocycles. The fraction of sp³-hybridized carbons (Fsp3) is 0.128. The zero-order valence-corrected chi connectivity index (χ0v) is 24.1. The van der Waals surface area contributed by atoms with E-state index in [4.69, 9.17) is 0 Å². The van der Waals surface area contributed by atoms with Gasteiger partial charge >= 0.3 is 0 Å². The van der Waals surface area contributed by atoms with Gasteiger partial charge in [-0.2, -0.15) is 0 Å². The average molecular weight is 531 g/mol. The number of rotatable bonds is 2. The van der Waals surface area contributed by atoms with Gasteiger partial charge in [0.2, 0.25) is 0 Å². The summed E-state index contributed by atoms with van der Waals surface area (Å²) < 4.78 is 1.44. The second-order valence-corrected chi connectivity index (χ2v) is 12.9. The molecule has 0 radical (unpaired) electrons. The highest BCUT2D eigenvalue weighted by molar-refractivity contribution is 7.22. The lowest BCUT2D eigenvalue weighted by Crippen LogP contribution is -2.15. The summed E-state index contributed by atoms with van der Waals surface area (Å²) in [5.41, 5.74) is 12.2. The zero-order chi connectivity index (χ0) is 27.2. The number of aryl methyl sites for hydroxylation is 2. The second-order valence-electron chi connectivity index (χ2n) is 11.9. The van der Waals surface area contributed by atoms with E-state index in [0.29, 0.717) is 0 Å². The van der Waals surface area contributed by atoms with E-state index in [0.717, 1.165) is 0 Å². The molecule has 1 heteroatoms. The molecule has 40 heavy (non-hydrogen) atoms. The minimum absolute atomic E-state index is 0.0608. The van der Waals surface area contributed by atoms with Gasteiger partial charge in [0.1, 0.15) is 0 Å². The van der Waals surface area contributed by atoms with Crippen molar-refractivity contribution in [1.29, 1.82) is 0 Å². The van der Waals surface area contributed by atoms with Crippen LogP contribution >= 0.6 is 11.3 Å². The minimum Gasteiger partial charge on any atom is -0.135 e. The predicted octanol–water partition coefficient (Wildman–Crippen LogP) is 11.5.